The van der Waals surface area contributed by atoms with Gasteiger partial charge in [0.25, 0.3) is 5.91 Å². The van der Waals surface area contributed by atoms with E-state index in [-0.39, 0.29) is 11.5 Å². The molecule has 2 aliphatic rings. The topological polar surface area (TPSA) is 109 Å². The summed E-state index contributed by atoms with van der Waals surface area (Å²) in [6.45, 7) is 8.20. The first kappa shape index (κ1) is 27.0. The van der Waals surface area contributed by atoms with Crippen LogP contribution in [0, 0.1) is 16.7 Å². The molecule has 2 fully saturated rings. The molecule has 4 rings (SSSR count). The molecule has 2 heterocycles. The van der Waals surface area contributed by atoms with E-state index in [0.717, 1.165) is 69.7 Å². The highest BCUT2D eigenvalue weighted by Gasteiger charge is 2.26. The molecule has 2 saturated heterocycles. The third-order valence-corrected chi connectivity index (χ3v) is 7.32. The zero-order valence-corrected chi connectivity index (χ0v) is 21.9. The maximum atomic E-state index is 12.9. The average molecular weight is 522 g/mol. The molecule has 0 aromatic heterocycles. The molecule has 37 heavy (non-hydrogen) atoms. The normalized spacial score (nSPS) is 18.1. The predicted octanol–water partition coefficient (Wildman–Crippen LogP) is 3.27. The Kier molecular flexibility index (Phi) is 9.45. The number of piperidine rings is 1. The van der Waals surface area contributed by atoms with Crippen LogP contribution in [-0.4, -0.2) is 67.4 Å². The van der Waals surface area contributed by atoms with Gasteiger partial charge in [0.05, 0.1) is 24.8 Å². The van der Waals surface area contributed by atoms with Gasteiger partial charge in [-0.3, -0.25) is 19.9 Å². The van der Waals surface area contributed by atoms with E-state index >= 15 is 0 Å². The van der Waals surface area contributed by atoms with Crippen LogP contribution < -0.4 is 10.6 Å². The van der Waals surface area contributed by atoms with Crippen LogP contribution in [0.5, 0.6) is 0 Å². The number of likely N-dealkylation sites (tertiary alicyclic amines) is 1. The molecule has 0 unspecified atom stereocenters. The van der Waals surface area contributed by atoms with Crippen LogP contribution in [0.4, 0.5) is 11.4 Å². The number of hydrogen-bond donors (Lipinski definition) is 3. The second-order valence-corrected chi connectivity index (χ2v) is 9.97. The van der Waals surface area contributed by atoms with Crippen molar-refractivity contribution in [2.75, 3.05) is 44.7 Å². The van der Waals surface area contributed by atoms with E-state index in [4.69, 9.17) is 21.7 Å². The van der Waals surface area contributed by atoms with Crippen molar-refractivity contribution in [2.45, 2.75) is 32.4 Å². The van der Waals surface area contributed by atoms with Crippen molar-refractivity contribution in [2.24, 2.45) is 0 Å². The Hall–Kier alpha value is -3.06. The summed E-state index contributed by atoms with van der Waals surface area (Å²) in [7, 11) is 0. The van der Waals surface area contributed by atoms with Gasteiger partial charge in [-0.25, -0.2) is 0 Å². The molecule has 9 heteroatoms. The molecule has 4 N–H and O–H groups in total. The van der Waals surface area contributed by atoms with Crippen molar-refractivity contribution in [3.63, 3.8) is 0 Å². The molecule has 0 spiro atoms. The number of carbonyl (C=O) groups excluding carboxylic acids is 1. The van der Waals surface area contributed by atoms with Gasteiger partial charge >= 0.3 is 0 Å². The molecule has 0 saturated carbocycles. The summed E-state index contributed by atoms with van der Waals surface area (Å²) < 4.78 is 5.48. The minimum atomic E-state index is -0.389. The number of nitrogens with two attached hydrogens (primary N) is 1. The highest BCUT2D eigenvalue weighted by atomic mass is 35.5. The van der Waals surface area contributed by atoms with Crippen molar-refractivity contribution in [1.29, 1.82) is 10.7 Å². The van der Waals surface area contributed by atoms with E-state index in [1.807, 2.05) is 29.6 Å². The molecule has 0 aliphatic carbocycles. The first-order chi connectivity index (χ1) is 18.0. The fraction of sp³-hybridized carbons (Fsp3) is 0.393. The quantitative estimate of drug-likeness (QED) is 0.281. The third-order valence-electron chi connectivity index (χ3n) is 7.07. The maximum Gasteiger partial charge on any atom is 0.262 e. The smallest absolute Gasteiger partial charge is 0.262 e. The summed E-state index contributed by atoms with van der Waals surface area (Å²) >= 11 is 5.95. The number of benzene rings is 2. The van der Waals surface area contributed by atoms with Crippen LogP contribution in [-0.2, 0) is 16.1 Å². The number of carbonyl (C=O) groups is 1. The van der Waals surface area contributed by atoms with Crippen LogP contribution in [0.1, 0.15) is 30.9 Å². The number of ether oxygens (including phenoxy) is 1. The molecule has 194 valence electrons. The predicted molar refractivity (Wildman–Crippen MR) is 145 cm³/mol. The largest absolute Gasteiger partial charge is 0.379 e. The Bertz CT molecular complexity index is 1180. The van der Waals surface area contributed by atoms with Gasteiger partial charge in [-0.05, 0) is 55.8 Å². The van der Waals surface area contributed by atoms with Gasteiger partial charge in [-0.15, -0.1) is 0 Å². The number of morpholine rings is 1. The van der Waals surface area contributed by atoms with E-state index in [2.05, 4.69) is 21.2 Å². The van der Waals surface area contributed by atoms with Crippen LogP contribution in [0.25, 0.3) is 0 Å². The Labute approximate surface area is 223 Å². The van der Waals surface area contributed by atoms with E-state index in [0.29, 0.717) is 34.6 Å². The molecule has 2 aromatic rings. The lowest BCUT2D eigenvalue weighted by molar-refractivity contribution is -0.517. The van der Waals surface area contributed by atoms with Crippen molar-refractivity contribution in [3.05, 3.63) is 69.9 Å². The number of amides is 1. The standard InChI is InChI=1S/C28H33ClN6O2/c1-20(32-24-6-3-23(29)4-7-24)27(18-31)28(36)33-25-5-2-21(22(16-25)17-30)19-34-10-8-26(9-11-34)35-12-14-37-15-13-35/h2-7,16,18,26,31-32H,8-15,19H2,1H3,(H,33,36)/p+1/b27-20+,31-18?. The fourth-order valence-corrected chi connectivity index (χ4v) is 5.09. The monoisotopic (exact) mass is 521 g/mol. The number of allylic oxidation sites excluding steroid dienone is 1. The minimum Gasteiger partial charge on any atom is -0.379 e. The average Bonchev–Trinajstić information content (AvgIpc) is 2.92. The molecule has 0 bridgehead atoms. The van der Waals surface area contributed by atoms with Crippen molar-refractivity contribution in [3.8, 4) is 6.07 Å². The van der Waals surface area contributed by atoms with Gasteiger partial charge in [0.1, 0.15) is 17.0 Å². The number of hydrogen-bond acceptors (Lipinski definition) is 6. The zero-order chi connectivity index (χ0) is 26.2. The Balaban J connectivity index is 1.36. The number of anilines is 1. The highest BCUT2D eigenvalue weighted by molar-refractivity contribution is 6.30. The second kappa shape index (κ2) is 13.0. The number of quaternary nitrogens is 1. The second-order valence-electron chi connectivity index (χ2n) is 9.53. The number of halogens is 1. The summed E-state index contributed by atoms with van der Waals surface area (Å²) in [6.07, 6.45) is 3.31. The van der Waals surface area contributed by atoms with Crippen molar-refractivity contribution < 1.29 is 14.8 Å². The molecule has 8 nitrogen and oxygen atoms in total. The SMILES string of the molecule is C/C([NH2+]c1ccc(Cl)cc1)=C(/C=N)C(=O)Nc1ccc(CN2CCC(N3CCOCC3)CC2)c(C#N)c1. The summed E-state index contributed by atoms with van der Waals surface area (Å²) in [4.78, 5) is 17.9. The Morgan fingerprint density at radius 3 is 2.54 bits per heavy atom. The summed E-state index contributed by atoms with van der Waals surface area (Å²) in [5.41, 5.74) is 3.85. The van der Waals surface area contributed by atoms with E-state index in [1.54, 1.807) is 25.1 Å². The number of nitrogens with one attached hydrogen (secondary N) is 2. The third kappa shape index (κ3) is 7.25. The van der Waals surface area contributed by atoms with Gasteiger partial charge in [0.2, 0.25) is 0 Å². The first-order valence-electron chi connectivity index (χ1n) is 12.7. The van der Waals surface area contributed by atoms with E-state index in [1.165, 1.54) is 0 Å². The van der Waals surface area contributed by atoms with Crippen molar-refractivity contribution >= 4 is 35.1 Å². The highest BCUT2D eigenvalue weighted by Crippen LogP contribution is 2.22. The molecule has 2 aliphatic heterocycles. The zero-order valence-electron chi connectivity index (χ0n) is 21.2. The molecular weight excluding hydrogens is 488 g/mol. The number of rotatable bonds is 8. The van der Waals surface area contributed by atoms with Crippen LogP contribution in [0.15, 0.2) is 53.7 Å². The Morgan fingerprint density at radius 2 is 1.89 bits per heavy atom. The van der Waals surface area contributed by atoms with Crippen LogP contribution >= 0.6 is 11.6 Å². The first-order valence-corrected chi connectivity index (χ1v) is 13.0. The van der Waals surface area contributed by atoms with Gasteiger partial charge in [-0.2, -0.15) is 5.26 Å². The maximum absolute atomic E-state index is 12.9. The lowest BCUT2D eigenvalue weighted by Crippen LogP contribution is -2.75. The number of nitriles is 1. The molecular formula is C28H34ClN6O2+. The minimum absolute atomic E-state index is 0.251. The molecule has 1 amide bonds. The lowest BCUT2D eigenvalue weighted by atomic mass is 10.0. The summed E-state index contributed by atoms with van der Waals surface area (Å²) in [6, 6.07) is 15.6. The summed E-state index contributed by atoms with van der Waals surface area (Å²) in [5.74, 6) is -0.389. The summed E-state index contributed by atoms with van der Waals surface area (Å²) in [5, 5.41) is 22.9. The van der Waals surface area contributed by atoms with Gasteiger partial charge in [0.15, 0.2) is 0 Å². The van der Waals surface area contributed by atoms with Gasteiger partial charge in [-0.1, -0.05) is 17.7 Å². The fourth-order valence-electron chi connectivity index (χ4n) is 4.97. The number of nitrogens with zero attached hydrogens (tertiary/aromatic N) is 3. The van der Waals surface area contributed by atoms with Gasteiger partial charge in [0, 0.05) is 61.7 Å². The van der Waals surface area contributed by atoms with Crippen LogP contribution in [0.3, 0.4) is 0 Å². The van der Waals surface area contributed by atoms with E-state index < -0.39 is 0 Å². The van der Waals surface area contributed by atoms with Crippen molar-refractivity contribution in [1.82, 2.24) is 9.80 Å². The molecule has 2 aromatic carbocycles. The Morgan fingerprint density at radius 1 is 1.19 bits per heavy atom. The lowest BCUT2D eigenvalue weighted by Gasteiger charge is -2.40. The van der Waals surface area contributed by atoms with E-state index in [9.17, 15) is 10.1 Å². The van der Waals surface area contributed by atoms with Gasteiger partial charge < -0.3 is 15.5 Å². The molecule has 0 radical (unpaired) electrons. The van der Waals surface area contributed by atoms with Crippen LogP contribution in [0.2, 0.25) is 5.02 Å². The molecule has 0 atom stereocenters.